The molecule has 2 unspecified atom stereocenters. The Morgan fingerprint density at radius 1 is 1.26 bits per heavy atom. The van der Waals surface area contributed by atoms with Gasteiger partial charge < -0.3 is 10.1 Å². The topological polar surface area (TPSA) is 21.3 Å². The van der Waals surface area contributed by atoms with Crippen LogP contribution in [0.4, 0.5) is 0 Å². The van der Waals surface area contributed by atoms with E-state index in [2.05, 4.69) is 43.4 Å². The van der Waals surface area contributed by atoms with Crippen molar-refractivity contribution < 1.29 is 4.74 Å². The molecular weight excluding hydrogens is 234 g/mol. The van der Waals surface area contributed by atoms with Crippen LogP contribution in [0.5, 0.6) is 0 Å². The number of unbranched alkanes of at least 4 members (excludes halogenated alkanes) is 2. The highest BCUT2D eigenvalue weighted by molar-refractivity contribution is 5.31. The number of likely N-dealkylation sites (N-methyl/N-ethyl adjacent to an activating group) is 1. The maximum atomic E-state index is 6.09. The van der Waals surface area contributed by atoms with Crippen molar-refractivity contribution in [3.63, 3.8) is 0 Å². The van der Waals surface area contributed by atoms with Gasteiger partial charge in [-0.3, -0.25) is 0 Å². The van der Waals surface area contributed by atoms with E-state index in [9.17, 15) is 0 Å². The second-order valence-electron chi connectivity index (χ2n) is 5.40. The Balaban J connectivity index is 2.08. The average molecular weight is 261 g/mol. The fourth-order valence-electron chi connectivity index (χ4n) is 2.99. The third-order valence-corrected chi connectivity index (χ3v) is 3.98. The number of nitrogens with one attached hydrogen (secondary N) is 1. The first-order valence-corrected chi connectivity index (χ1v) is 7.79. The molecule has 1 aliphatic heterocycles. The van der Waals surface area contributed by atoms with Crippen molar-refractivity contribution in [2.24, 2.45) is 0 Å². The average Bonchev–Trinajstić information content (AvgIpc) is 2.46. The molecule has 1 N–H and O–H groups in total. The molecule has 1 heterocycles. The summed E-state index contributed by atoms with van der Waals surface area (Å²) in [6.45, 7) is 6.31. The molecule has 2 atom stereocenters. The van der Waals surface area contributed by atoms with E-state index in [0.717, 1.165) is 19.6 Å². The number of benzene rings is 1. The van der Waals surface area contributed by atoms with E-state index in [1.165, 1.54) is 36.8 Å². The van der Waals surface area contributed by atoms with Gasteiger partial charge in [-0.15, -0.1) is 0 Å². The third kappa shape index (κ3) is 3.80. The van der Waals surface area contributed by atoms with E-state index in [1.807, 2.05) is 0 Å². The van der Waals surface area contributed by atoms with Crippen molar-refractivity contribution in [1.82, 2.24) is 5.32 Å². The van der Waals surface area contributed by atoms with Crippen LogP contribution in [0.25, 0.3) is 0 Å². The molecule has 0 aliphatic carbocycles. The van der Waals surface area contributed by atoms with Crippen LogP contribution >= 0.6 is 0 Å². The monoisotopic (exact) mass is 261 g/mol. The Kier molecular flexibility index (Phi) is 5.87. The van der Waals surface area contributed by atoms with Gasteiger partial charge in [0, 0.05) is 6.04 Å². The summed E-state index contributed by atoms with van der Waals surface area (Å²) in [6.07, 6.45) is 6.39. The lowest BCUT2D eigenvalue weighted by Gasteiger charge is -2.33. The molecule has 2 heteroatoms. The second kappa shape index (κ2) is 7.66. The normalized spacial score (nSPS) is 20.0. The number of hydrogen-bond donors (Lipinski definition) is 1. The summed E-state index contributed by atoms with van der Waals surface area (Å²) < 4.78 is 6.09. The molecule has 0 aromatic heterocycles. The van der Waals surface area contributed by atoms with Crippen LogP contribution in [0.3, 0.4) is 0 Å². The van der Waals surface area contributed by atoms with Crippen molar-refractivity contribution in [1.29, 1.82) is 0 Å². The van der Waals surface area contributed by atoms with E-state index in [1.54, 1.807) is 0 Å². The SMILES string of the molecule is CCCCCC(NCC)C1OCCc2ccccc21. The Labute approximate surface area is 117 Å². The zero-order chi connectivity index (χ0) is 13.5. The van der Waals surface area contributed by atoms with Gasteiger partial charge in [0.1, 0.15) is 0 Å². The highest BCUT2D eigenvalue weighted by atomic mass is 16.5. The Bertz CT molecular complexity index is 377. The third-order valence-electron chi connectivity index (χ3n) is 3.98. The summed E-state index contributed by atoms with van der Waals surface area (Å²) in [7, 11) is 0. The Morgan fingerprint density at radius 2 is 2.11 bits per heavy atom. The molecule has 0 bridgehead atoms. The van der Waals surface area contributed by atoms with Gasteiger partial charge in [0.25, 0.3) is 0 Å². The molecule has 0 spiro atoms. The predicted octanol–water partition coefficient (Wildman–Crippen LogP) is 3.86. The molecule has 0 saturated carbocycles. The van der Waals surface area contributed by atoms with Crippen LogP contribution in [0.1, 0.15) is 56.8 Å². The van der Waals surface area contributed by atoms with Crippen molar-refractivity contribution >= 4 is 0 Å². The fourth-order valence-corrected chi connectivity index (χ4v) is 2.99. The predicted molar refractivity (Wildman–Crippen MR) is 80.4 cm³/mol. The van der Waals surface area contributed by atoms with Crippen molar-refractivity contribution in [3.8, 4) is 0 Å². The quantitative estimate of drug-likeness (QED) is 0.753. The van der Waals surface area contributed by atoms with Gasteiger partial charge in [-0.2, -0.15) is 0 Å². The van der Waals surface area contributed by atoms with Gasteiger partial charge in [0.2, 0.25) is 0 Å². The van der Waals surface area contributed by atoms with Crippen LogP contribution < -0.4 is 5.32 Å². The summed E-state index contributed by atoms with van der Waals surface area (Å²) in [6, 6.07) is 9.22. The molecule has 1 aromatic carbocycles. The first kappa shape index (κ1) is 14.5. The molecule has 2 nitrogen and oxygen atoms in total. The number of ether oxygens (including phenoxy) is 1. The molecule has 19 heavy (non-hydrogen) atoms. The highest BCUT2D eigenvalue weighted by Crippen LogP contribution is 2.31. The van der Waals surface area contributed by atoms with Gasteiger partial charge in [0.05, 0.1) is 12.7 Å². The molecule has 106 valence electrons. The summed E-state index contributed by atoms with van der Waals surface area (Å²) in [4.78, 5) is 0. The molecule has 1 aromatic rings. The molecular formula is C17H27NO. The van der Waals surface area contributed by atoms with Crippen LogP contribution in [-0.2, 0) is 11.2 Å². The Morgan fingerprint density at radius 3 is 2.89 bits per heavy atom. The van der Waals surface area contributed by atoms with Crippen LogP contribution in [0.15, 0.2) is 24.3 Å². The lowest BCUT2D eigenvalue weighted by molar-refractivity contribution is 0.0131. The van der Waals surface area contributed by atoms with Crippen molar-refractivity contribution in [2.45, 2.75) is 58.1 Å². The number of fused-ring (bicyclic) bond motifs is 1. The van der Waals surface area contributed by atoms with Gasteiger partial charge in [-0.25, -0.2) is 0 Å². The minimum Gasteiger partial charge on any atom is -0.372 e. The molecule has 0 radical (unpaired) electrons. The number of hydrogen-bond acceptors (Lipinski definition) is 2. The minimum atomic E-state index is 0.238. The highest BCUT2D eigenvalue weighted by Gasteiger charge is 2.27. The lowest BCUT2D eigenvalue weighted by atomic mass is 9.91. The summed E-state index contributed by atoms with van der Waals surface area (Å²) in [5.74, 6) is 0. The summed E-state index contributed by atoms with van der Waals surface area (Å²) >= 11 is 0. The molecule has 1 aliphatic rings. The second-order valence-corrected chi connectivity index (χ2v) is 5.40. The summed E-state index contributed by atoms with van der Waals surface area (Å²) in [5.41, 5.74) is 2.87. The Hall–Kier alpha value is -0.860. The van der Waals surface area contributed by atoms with Gasteiger partial charge >= 0.3 is 0 Å². The van der Waals surface area contributed by atoms with E-state index in [4.69, 9.17) is 4.74 Å². The zero-order valence-corrected chi connectivity index (χ0v) is 12.3. The summed E-state index contributed by atoms with van der Waals surface area (Å²) in [5, 5.41) is 3.63. The minimum absolute atomic E-state index is 0.238. The van der Waals surface area contributed by atoms with E-state index >= 15 is 0 Å². The smallest absolute Gasteiger partial charge is 0.0980 e. The maximum absolute atomic E-state index is 6.09. The van der Waals surface area contributed by atoms with E-state index < -0.39 is 0 Å². The number of rotatable bonds is 7. The maximum Gasteiger partial charge on any atom is 0.0980 e. The van der Waals surface area contributed by atoms with Crippen LogP contribution in [-0.4, -0.2) is 19.2 Å². The van der Waals surface area contributed by atoms with E-state index in [0.29, 0.717) is 6.04 Å². The lowest BCUT2D eigenvalue weighted by Crippen LogP contribution is -2.38. The van der Waals surface area contributed by atoms with Gasteiger partial charge in [-0.05, 0) is 30.5 Å². The fraction of sp³-hybridized carbons (Fsp3) is 0.647. The van der Waals surface area contributed by atoms with Crippen LogP contribution in [0.2, 0.25) is 0 Å². The molecule has 2 rings (SSSR count). The first-order chi connectivity index (χ1) is 9.36. The van der Waals surface area contributed by atoms with Crippen molar-refractivity contribution in [3.05, 3.63) is 35.4 Å². The molecule has 0 fully saturated rings. The van der Waals surface area contributed by atoms with Crippen molar-refractivity contribution in [2.75, 3.05) is 13.2 Å². The standard InChI is InChI=1S/C17H27NO/c1-3-5-6-11-16(18-4-2)17-15-10-8-7-9-14(15)12-13-19-17/h7-10,16-18H,3-6,11-13H2,1-2H3. The molecule has 0 saturated heterocycles. The largest absolute Gasteiger partial charge is 0.372 e. The van der Waals surface area contributed by atoms with E-state index in [-0.39, 0.29) is 6.10 Å². The van der Waals surface area contributed by atoms with Gasteiger partial charge in [-0.1, -0.05) is 57.4 Å². The van der Waals surface area contributed by atoms with Crippen LogP contribution in [0, 0.1) is 0 Å². The zero-order valence-electron chi connectivity index (χ0n) is 12.3. The first-order valence-electron chi connectivity index (χ1n) is 7.79. The molecule has 0 amide bonds. The van der Waals surface area contributed by atoms with Gasteiger partial charge in [0.15, 0.2) is 0 Å².